The normalized spacial score (nSPS) is 13.3. The second-order valence-electron chi connectivity index (χ2n) is 23.4. The Labute approximate surface area is 490 Å². The molecule has 4 aliphatic rings. The first kappa shape index (κ1) is 45.6. The monoisotopic (exact) mass is 1080 g/mol. The molecule has 7 heteroatoms. The van der Waals surface area contributed by atoms with Crippen LogP contribution in [0.1, 0.15) is 0 Å². The smallest absolute Gasteiger partial charge is 0.333 e. The third-order valence-electron chi connectivity index (χ3n) is 19.3. The largest absolute Gasteiger partial charge is 0.454 e. The zero-order valence-corrected chi connectivity index (χ0v) is 45.9. The lowest BCUT2D eigenvalue weighted by Crippen LogP contribution is -2.56. The van der Waals surface area contributed by atoms with Crippen LogP contribution < -0.4 is 31.7 Å². The van der Waals surface area contributed by atoms with Crippen molar-refractivity contribution in [3.05, 3.63) is 279 Å². The number of rotatable bonds is 5. The molecular formula is C78H46B2N4O. The molecule has 13 aromatic carbocycles. The molecule has 5 nitrogen and oxygen atoms in total. The molecule has 0 saturated carbocycles. The number of hydrogen-bond acceptors (Lipinski definition) is 3. The summed E-state index contributed by atoms with van der Waals surface area (Å²) >= 11 is 0. The summed E-state index contributed by atoms with van der Waals surface area (Å²) in [6, 6.07) is 104. The predicted molar refractivity (Wildman–Crippen MR) is 357 cm³/mol. The van der Waals surface area contributed by atoms with Crippen molar-refractivity contribution in [2.24, 2.45) is 0 Å². The standard InChI is InChI=1S/C78H46B2N4O/c1-3-20-47(21-4-1)51-27-15-28-52(48-22-5-2-6-23-48)75(51)82-67-38-13-10-35-63(67)79-74-62(60-33-17-31-58-54-25-8-12-37-66(54)84(79)77(58)60)44-50(46-71(74)82)49-42-43-64-70(45-49)81(69-40-19-34-61-55-26-9-14-41-72(55)85-78(61)69)68-39-18-29-56-59-32-16-30-57-53-24-7-11-36-65(53)83(76(57)59)80(64)73(56)68/h1-46H. The number of furan rings is 1. The summed E-state index contributed by atoms with van der Waals surface area (Å²) in [4.78, 5) is 5.15. The van der Waals surface area contributed by atoms with Crippen LogP contribution >= 0.6 is 0 Å². The van der Waals surface area contributed by atoms with Crippen LogP contribution in [0.25, 0.3) is 121 Å². The van der Waals surface area contributed by atoms with Crippen LogP contribution in [0, 0.1) is 0 Å². The zero-order chi connectivity index (χ0) is 55.2. The van der Waals surface area contributed by atoms with Crippen LogP contribution in [0.3, 0.4) is 0 Å². The minimum atomic E-state index is -0.110. The lowest BCUT2D eigenvalue weighted by molar-refractivity contribution is 0.669. The van der Waals surface area contributed by atoms with Crippen LogP contribution in [0.2, 0.25) is 0 Å². The average molecular weight is 1080 g/mol. The van der Waals surface area contributed by atoms with Gasteiger partial charge in [0, 0.05) is 99.4 Å². The Morgan fingerprint density at radius 1 is 0.271 bits per heavy atom. The summed E-state index contributed by atoms with van der Waals surface area (Å²) in [5, 5.41) is 7.30. The quantitative estimate of drug-likeness (QED) is 0.161. The first-order valence-corrected chi connectivity index (χ1v) is 29.6. The molecule has 0 unspecified atom stereocenters. The van der Waals surface area contributed by atoms with E-state index >= 15 is 0 Å². The second kappa shape index (κ2) is 16.8. The molecule has 16 aromatic rings. The van der Waals surface area contributed by atoms with Gasteiger partial charge in [-0.15, -0.1) is 0 Å². The van der Waals surface area contributed by atoms with Gasteiger partial charge in [0.25, 0.3) is 0 Å². The van der Waals surface area contributed by atoms with Crippen LogP contribution in [0.15, 0.2) is 283 Å². The molecule has 0 aliphatic carbocycles. The third-order valence-corrected chi connectivity index (χ3v) is 19.3. The molecule has 0 radical (unpaired) electrons. The zero-order valence-electron chi connectivity index (χ0n) is 45.9. The van der Waals surface area contributed by atoms with Crippen LogP contribution in [-0.4, -0.2) is 22.7 Å². The minimum Gasteiger partial charge on any atom is -0.454 e. The highest BCUT2D eigenvalue weighted by Crippen LogP contribution is 2.53. The number of aromatic nitrogens is 2. The van der Waals surface area contributed by atoms with E-state index in [1.807, 2.05) is 0 Å². The van der Waals surface area contributed by atoms with E-state index in [2.05, 4.69) is 298 Å². The van der Waals surface area contributed by atoms with Crippen molar-refractivity contribution in [3.8, 4) is 55.6 Å². The molecule has 0 saturated heterocycles. The van der Waals surface area contributed by atoms with Crippen molar-refractivity contribution in [1.29, 1.82) is 0 Å². The van der Waals surface area contributed by atoms with E-state index in [0.29, 0.717) is 0 Å². The van der Waals surface area contributed by atoms with Crippen molar-refractivity contribution in [2.45, 2.75) is 0 Å². The van der Waals surface area contributed by atoms with Gasteiger partial charge in [-0.25, -0.2) is 0 Å². The van der Waals surface area contributed by atoms with Gasteiger partial charge in [0.1, 0.15) is 5.58 Å². The van der Waals surface area contributed by atoms with Crippen LogP contribution in [0.5, 0.6) is 0 Å². The highest BCUT2D eigenvalue weighted by atomic mass is 16.3. The molecule has 390 valence electrons. The summed E-state index contributed by atoms with van der Waals surface area (Å²) in [5.41, 5.74) is 30.6. The van der Waals surface area contributed by atoms with Gasteiger partial charge in [-0.3, -0.25) is 0 Å². The van der Waals surface area contributed by atoms with E-state index in [1.165, 1.54) is 121 Å². The van der Waals surface area contributed by atoms with Crippen molar-refractivity contribution < 1.29 is 4.42 Å². The molecule has 0 bridgehead atoms. The SMILES string of the molecule is c1ccc(-c2cccc(-c3ccccc3)c2N2c3ccccc3B3c4c(cc(-c5ccc6c(c5)N(c5cccc7c5oc5ccccc57)c5cccc7c5B6n5c6ccccc6c6cccc-7c65)cc42)-c2cccc4c5ccccc5n3c24)cc1. The van der Waals surface area contributed by atoms with Gasteiger partial charge in [-0.05, 0) is 110 Å². The Hall–Kier alpha value is -11.0. The van der Waals surface area contributed by atoms with Gasteiger partial charge >= 0.3 is 13.7 Å². The molecule has 0 N–H and O–H groups in total. The number of benzene rings is 13. The Bertz CT molecular complexity index is 5540. The van der Waals surface area contributed by atoms with Crippen molar-refractivity contribution in [1.82, 2.24) is 8.96 Å². The van der Waals surface area contributed by atoms with Crippen LogP contribution in [-0.2, 0) is 0 Å². The number of fused-ring (bicyclic) bond motifs is 17. The van der Waals surface area contributed by atoms with Gasteiger partial charge in [0.15, 0.2) is 5.58 Å². The fourth-order valence-electron chi connectivity index (χ4n) is 15.9. The maximum absolute atomic E-state index is 7.03. The van der Waals surface area contributed by atoms with E-state index in [4.69, 9.17) is 4.42 Å². The number of nitrogens with zero attached hydrogens (tertiary/aromatic N) is 4. The van der Waals surface area contributed by atoms with E-state index in [0.717, 1.165) is 55.8 Å². The fourth-order valence-corrected chi connectivity index (χ4v) is 15.9. The second-order valence-corrected chi connectivity index (χ2v) is 23.4. The summed E-state index contributed by atoms with van der Waals surface area (Å²) in [6.07, 6.45) is 0. The van der Waals surface area contributed by atoms with Gasteiger partial charge in [0.05, 0.1) is 11.4 Å². The average Bonchev–Trinajstić information content (AvgIpc) is 2.10. The predicted octanol–water partition coefficient (Wildman–Crippen LogP) is 17.6. The topological polar surface area (TPSA) is 29.5 Å². The Morgan fingerprint density at radius 3 is 1.48 bits per heavy atom. The Kier molecular flexibility index (Phi) is 9.02. The molecule has 85 heavy (non-hydrogen) atoms. The van der Waals surface area contributed by atoms with Crippen molar-refractivity contribution in [2.75, 3.05) is 9.80 Å². The van der Waals surface area contributed by atoms with E-state index in [9.17, 15) is 0 Å². The van der Waals surface area contributed by atoms with Crippen molar-refractivity contribution >= 4 is 135 Å². The molecular weight excluding hydrogens is 1030 g/mol. The minimum absolute atomic E-state index is 0.107. The van der Waals surface area contributed by atoms with Gasteiger partial charge in [-0.2, -0.15) is 0 Å². The summed E-state index contributed by atoms with van der Waals surface area (Å²) in [5.74, 6) is 0. The molecule has 0 fully saturated rings. The molecule has 3 aromatic heterocycles. The first-order valence-electron chi connectivity index (χ1n) is 29.6. The molecule has 0 spiro atoms. The van der Waals surface area contributed by atoms with E-state index in [-0.39, 0.29) is 13.7 Å². The molecule has 0 amide bonds. The molecule has 4 aliphatic heterocycles. The van der Waals surface area contributed by atoms with Gasteiger partial charge in [-0.1, -0.05) is 224 Å². The Balaban J connectivity index is 0.907. The summed E-state index contributed by atoms with van der Waals surface area (Å²) < 4.78 is 12.3. The lowest BCUT2D eigenvalue weighted by atomic mass is 9.44. The fraction of sp³-hybridized carbons (Fsp3) is 0. The molecule has 0 atom stereocenters. The van der Waals surface area contributed by atoms with Crippen molar-refractivity contribution in [3.63, 3.8) is 0 Å². The first-order chi connectivity index (χ1) is 42.2. The lowest BCUT2D eigenvalue weighted by Gasteiger charge is -2.42. The summed E-state index contributed by atoms with van der Waals surface area (Å²) in [7, 11) is 0. The number of hydrogen-bond donors (Lipinski definition) is 0. The highest BCUT2D eigenvalue weighted by Gasteiger charge is 2.46. The maximum Gasteiger partial charge on any atom is 0.333 e. The number of anilines is 6. The van der Waals surface area contributed by atoms with E-state index in [1.54, 1.807) is 0 Å². The molecule has 7 heterocycles. The van der Waals surface area contributed by atoms with E-state index < -0.39 is 0 Å². The van der Waals surface area contributed by atoms with Crippen LogP contribution in [0.4, 0.5) is 34.1 Å². The summed E-state index contributed by atoms with van der Waals surface area (Å²) in [6.45, 7) is -0.217. The third kappa shape index (κ3) is 5.98. The van der Waals surface area contributed by atoms with Gasteiger partial charge in [0.2, 0.25) is 0 Å². The number of para-hydroxylation sites is 8. The molecule has 20 rings (SSSR count). The van der Waals surface area contributed by atoms with Gasteiger partial charge < -0.3 is 23.2 Å². The highest BCUT2D eigenvalue weighted by molar-refractivity contribution is 6.91. The maximum atomic E-state index is 7.03. The Morgan fingerprint density at radius 2 is 0.765 bits per heavy atom.